The van der Waals surface area contributed by atoms with Gasteiger partial charge in [0.05, 0.1) is 11.5 Å². The minimum atomic E-state index is -1.18. The largest absolute Gasteiger partial charge is 0.480 e. The maximum atomic E-state index is 11.2. The van der Waals surface area contributed by atoms with Gasteiger partial charge in [-0.2, -0.15) is 5.26 Å². The van der Waals surface area contributed by atoms with Crippen LogP contribution in [0.3, 0.4) is 0 Å². The van der Waals surface area contributed by atoms with E-state index in [1.54, 1.807) is 6.07 Å². The van der Waals surface area contributed by atoms with Gasteiger partial charge >= 0.3 is 11.7 Å². The molecule has 0 aliphatic heterocycles. The molecule has 1 rings (SSSR count). The van der Waals surface area contributed by atoms with Gasteiger partial charge in [-0.1, -0.05) is 0 Å². The van der Waals surface area contributed by atoms with Gasteiger partial charge in [0, 0.05) is 6.07 Å². The lowest BCUT2D eigenvalue weighted by Crippen LogP contribution is -2.34. The molecule has 0 aliphatic carbocycles. The standard InChI is InChI=1S/C10H9N5O5/c11-3-6-7(15(19)20)1-2-8(14-6)12-4-9(16)13-5-10(17)18/h1-2H,4-5H2,(H,12,14)(H,13,16)(H,17,18). The van der Waals surface area contributed by atoms with E-state index in [0.717, 1.165) is 6.07 Å². The first-order valence-electron chi connectivity index (χ1n) is 5.22. The highest BCUT2D eigenvalue weighted by Crippen LogP contribution is 2.17. The molecule has 0 saturated heterocycles. The topological polar surface area (TPSA) is 158 Å². The Bertz CT molecular complexity index is 594. The molecule has 0 fully saturated rings. The van der Waals surface area contributed by atoms with Gasteiger partial charge < -0.3 is 15.7 Å². The summed E-state index contributed by atoms with van der Waals surface area (Å²) in [6.07, 6.45) is 0. The highest BCUT2D eigenvalue weighted by molar-refractivity contribution is 5.84. The smallest absolute Gasteiger partial charge is 0.322 e. The van der Waals surface area contributed by atoms with Crippen molar-refractivity contribution in [3.8, 4) is 6.07 Å². The van der Waals surface area contributed by atoms with Crippen molar-refractivity contribution in [2.24, 2.45) is 0 Å². The summed E-state index contributed by atoms with van der Waals surface area (Å²) in [5.74, 6) is -1.68. The van der Waals surface area contributed by atoms with E-state index in [2.05, 4.69) is 15.6 Å². The number of rotatable bonds is 6. The molecule has 0 radical (unpaired) electrons. The Morgan fingerprint density at radius 1 is 1.45 bits per heavy atom. The fourth-order valence-electron chi connectivity index (χ4n) is 1.19. The summed E-state index contributed by atoms with van der Waals surface area (Å²) in [6.45, 7) is -0.791. The van der Waals surface area contributed by atoms with E-state index in [1.807, 2.05) is 0 Å². The lowest BCUT2D eigenvalue weighted by atomic mass is 10.3. The SMILES string of the molecule is N#Cc1nc(NCC(=O)NCC(=O)O)ccc1[N+](=O)[O-]. The molecule has 0 atom stereocenters. The summed E-state index contributed by atoms with van der Waals surface area (Å²) >= 11 is 0. The van der Waals surface area contributed by atoms with Crippen LogP contribution in [0.15, 0.2) is 12.1 Å². The quantitative estimate of drug-likeness (QED) is 0.463. The van der Waals surface area contributed by atoms with Crippen molar-refractivity contribution in [3.05, 3.63) is 27.9 Å². The van der Waals surface area contributed by atoms with Crippen molar-refractivity contribution >= 4 is 23.4 Å². The second kappa shape index (κ2) is 6.64. The number of hydrogen-bond acceptors (Lipinski definition) is 7. The third kappa shape index (κ3) is 4.22. The number of anilines is 1. The number of carboxylic acids is 1. The molecule has 1 aromatic heterocycles. The molecular weight excluding hydrogens is 270 g/mol. The van der Waals surface area contributed by atoms with Gasteiger partial charge in [0.25, 0.3) is 0 Å². The molecule has 0 bridgehead atoms. The van der Waals surface area contributed by atoms with Crippen LogP contribution in [0.25, 0.3) is 0 Å². The van der Waals surface area contributed by atoms with E-state index in [0.29, 0.717) is 0 Å². The van der Waals surface area contributed by atoms with Crippen LogP contribution in [0, 0.1) is 21.4 Å². The average Bonchev–Trinajstić information content (AvgIpc) is 2.42. The molecule has 1 heterocycles. The maximum absolute atomic E-state index is 11.2. The Balaban J connectivity index is 2.66. The number of carbonyl (C=O) groups excluding carboxylic acids is 1. The molecule has 0 spiro atoms. The van der Waals surface area contributed by atoms with Gasteiger partial charge in [-0.15, -0.1) is 0 Å². The van der Waals surface area contributed by atoms with E-state index < -0.39 is 29.0 Å². The molecule has 0 aromatic carbocycles. The summed E-state index contributed by atoms with van der Waals surface area (Å²) < 4.78 is 0. The molecule has 10 nitrogen and oxygen atoms in total. The minimum Gasteiger partial charge on any atom is -0.480 e. The van der Waals surface area contributed by atoms with Gasteiger partial charge in [-0.05, 0) is 6.07 Å². The third-order valence-electron chi connectivity index (χ3n) is 2.04. The fourth-order valence-corrected chi connectivity index (χ4v) is 1.19. The molecule has 3 N–H and O–H groups in total. The van der Waals surface area contributed by atoms with Crippen LogP contribution in [-0.4, -0.2) is 40.0 Å². The monoisotopic (exact) mass is 279 g/mol. The Morgan fingerprint density at radius 2 is 2.15 bits per heavy atom. The van der Waals surface area contributed by atoms with Crippen LogP contribution >= 0.6 is 0 Å². The first-order chi connectivity index (χ1) is 9.43. The first-order valence-corrected chi connectivity index (χ1v) is 5.22. The Kier molecular flexibility index (Phi) is 4.93. The number of carboxylic acid groups (broad SMARTS) is 1. The minimum absolute atomic E-state index is 0.0950. The summed E-state index contributed by atoms with van der Waals surface area (Å²) in [7, 11) is 0. The normalized spacial score (nSPS) is 9.35. The van der Waals surface area contributed by atoms with Crippen molar-refractivity contribution in [1.82, 2.24) is 10.3 Å². The summed E-state index contributed by atoms with van der Waals surface area (Å²) in [5.41, 5.74) is -0.820. The Labute approximate surface area is 112 Å². The van der Waals surface area contributed by atoms with E-state index in [1.165, 1.54) is 6.07 Å². The number of carbonyl (C=O) groups is 2. The first kappa shape index (κ1) is 14.8. The second-order valence-electron chi connectivity index (χ2n) is 3.46. The summed E-state index contributed by atoms with van der Waals surface area (Å²) in [5, 5.41) is 32.3. The molecular formula is C10H9N5O5. The van der Waals surface area contributed by atoms with Crippen LogP contribution in [0.1, 0.15) is 5.69 Å². The molecule has 0 saturated carbocycles. The van der Waals surface area contributed by atoms with Gasteiger partial charge in [0.15, 0.2) is 0 Å². The lowest BCUT2D eigenvalue weighted by molar-refractivity contribution is -0.385. The van der Waals surface area contributed by atoms with Gasteiger partial charge in [-0.25, -0.2) is 4.98 Å². The van der Waals surface area contributed by atoms with Gasteiger partial charge in [0.1, 0.15) is 18.4 Å². The molecule has 0 unspecified atom stereocenters. The number of nitro groups is 1. The van der Waals surface area contributed by atoms with Crippen LogP contribution in [0.4, 0.5) is 11.5 Å². The third-order valence-corrected chi connectivity index (χ3v) is 2.04. The van der Waals surface area contributed by atoms with Gasteiger partial charge in [0.2, 0.25) is 11.6 Å². The number of aromatic nitrogens is 1. The summed E-state index contributed by atoms with van der Waals surface area (Å²) in [6, 6.07) is 3.90. The van der Waals surface area contributed by atoms with E-state index in [4.69, 9.17) is 10.4 Å². The number of pyridine rings is 1. The van der Waals surface area contributed by atoms with Crippen molar-refractivity contribution in [2.45, 2.75) is 0 Å². The zero-order valence-corrected chi connectivity index (χ0v) is 9.99. The molecule has 1 aromatic rings. The molecule has 0 aliphatic rings. The average molecular weight is 279 g/mol. The van der Waals surface area contributed by atoms with Crippen LogP contribution < -0.4 is 10.6 Å². The zero-order valence-electron chi connectivity index (χ0n) is 9.99. The number of hydrogen-bond donors (Lipinski definition) is 3. The van der Waals surface area contributed by atoms with Crippen molar-refractivity contribution in [1.29, 1.82) is 5.26 Å². The molecule has 104 valence electrons. The van der Waals surface area contributed by atoms with Gasteiger partial charge in [-0.3, -0.25) is 19.7 Å². The predicted molar refractivity (Wildman–Crippen MR) is 64.7 cm³/mol. The predicted octanol–water partition coefficient (Wildman–Crippen LogP) is -0.526. The number of aliphatic carboxylic acids is 1. The second-order valence-corrected chi connectivity index (χ2v) is 3.46. The van der Waals surface area contributed by atoms with Crippen LogP contribution in [-0.2, 0) is 9.59 Å². The van der Waals surface area contributed by atoms with Crippen molar-refractivity contribution < 1.29 is 19.6 Å². The van der Waals surface area contributed by atoms with Crippen LogP contribution in [0.2, 0.25) is 0 Å². The van der Waals surface area contributed by atoms with E-state index in [-0.39, 0.29) is 18.1 Å². The maximum Gasteiger partial charge on any atom is 0.322 e. The Hall–Kier alpha value is -3.22. The summed E-state index contributed by atoms with van der Waals surface area (Å²) in [4.78, 5) is 34.9. The number of amides is 1. The zero-order chi connectivity index (χ0) is 15.1. The number of nitriles is 1. The number of nitrogens with one attached hydrogen (secondary N) is 2. The lowest BCUT2D eigenvalue weighted by Gasteiger charge is -2.05. The number of nitrogens with zero attached hydrogens (tertiary/aromatic N) is 3. The highest BCUT2D eigenvalue weighted by atomic mass is 16.6. The molecule has 1 amide bonds. The fraction of sp³-hybridized carbons (Fsp3) is 0.200. The van der Waals surface area contributed by atoms with Crippen LogP contribution in [0.5, 0.6) is 0 Å². The van der Waals surface area contributed by atoms with E-state index >= 15 is 0 Å². The van der Waals surface area contributed by atoms with Crippen molar-refractivity contribution in [2.75, 3.05) is 18.4 Å². The van der Waals surface area contributed by atoms with E-state index in [9.17, 15) is 19.7 Å². The highest BCUT2D eigenvalue weighted by Gasteiger charge is 2.15. The van der Waals surface area contributed by atoms with Crippen molar-refractivity contribution in [3.63, 3.8) is 0 Å². The molecule has 20 heavy (non-hydrogen) atoms. The molecule has 10 heteroatoms. The Morgan fingerprint density at radius 3 is 2.70 bits per heavy atom.